The Morgan fingerprint density at radius 3 is 3.00 bits per heavy atom. The number of nitrogens with one attached hydrogen (secondary N) is 1. The lowest BCUT2D eigenvalue weighted by molar-refractivity contribution is -0.135. The van der Waals surface area contributed by atoms with E-state index in [1.807, 2.05) is 5.38 Å². The summed E-state index contributed by atoms with van der Waals surface area (Å²) in [6.45, 7) is 3.42. The number of amides is 1. The number of nitrogens with zero attached hydrogens (tertiary/aromatic N) is 2. The second-order valence-corrected chi connectivity index (χ2v) is 6.23. The highest BCUT2D eigenvalue weighted by molar-refractivity contribution is 7.13. The second-order valence-electron chi connectivity index (χ2n) is 5.39. The van der Waals surface area contributed by atoms with E-state index in [0.717, 1.165) is 43.2 Å². The van der Waals surface area contributed by atoms with E-state index >= 15 is 0 Å². The highest BCUT2D eigenvalue weighted by Crippen LogP contribution is 2.24. The van der Waals surface area contributed by atoms with Crippen molar-refractivity contribution >= 4 is 22.4 Å². The monoisotopic (exact) mass is 295 g/mol. The van der Waals surface area contributed by atoms with Gasteiger partial charge in [-0.3, -0.25) is 4.79 Å². The zero-order valence-corrected chi connectivity index (χ0v) is 12.5. The smallest absolute Gasteiger partial charge is 0.249 e. The molecule has 2 saturated heterocycles. The van der Waals surface area contributed by atoms with Crippen LogP contribution in [0, 0.1) is 0 Å². The van der Waals surface area contributed by atoms with Crippen LogP contribution in [0.3, 0.4) is 0 Å². The predicted octanol–water partition coefficient (Wildman–Crippen LogP) is 1.93. The predicted molar refractivity (Wildman–Crippen MR) is 79.0 cm³/mol. The van der Waals surface area contributed by atoms with E-state index in [1.54, 1.807) is 11.3 Å². The summed E-state index contributed by atoms with van der Waals surface area (Å²) in [7, 11) is 0. The van der Waals surface area contributed by atoms with Gasteiger partial charge in [0, 0.05) is 25.1 Å². The molecule has 0 aromatic carbocycles. The van der Waals surface area contributed by atoms with Crippen LogP contribution < -0.4 is 10.2 Å². The first-order valence-electron chi connectivity index (χ1n) is 7.41. The van der Waals surface area contributed by atoms with Gasteiger partial charge in [-0.15, -0.1) is 11.3 Å². The number of rotatable bonds is 4. The van der Waals surface area contributed by atoms with Crippen LogP contribution in [0.2, 0.25) is 0 Å². The number of hydrogen-bond acceptors (Lipinski definition) is 5. The van der Waals surface area contributed by atoms with Crippen molar-refractivity contribution in [3.05, 3.63) is 11.1 Å². The largest absolute Gasteiger partial charge is 0.368 e. The van der Waals surface area contributed by atoms with Crippen molar-refractivity contribution in [1.82, 2.24) is 10.3 Å². The maximum atomic E-state index is 12.0. The van der Waals surface area contributed by atoms with E-state index in [2.05, 4.69) is 15.2 Å². The normalized spacial score (nSPS) is 23.0. The molecule has 0 saturated carbocycles. The molecular weight excluding hydrogens is 274 g/mol. The Kier molecular flexibility index (Phi) is 4.52. The minimum Gasteiger partial charge on any atom is -0.368 e. The number of hydrogen-bond donors (Lipinski definition) is 1. The molecule has 5 nitrogen and oxygen atoms in total. The van der Waals surface area contributed by atoms with Gasteiger partial charge in [-0.1, -0.05) is 0 Å². The van der Waals surface area contributed by atoms with Gasteiger partial charge in [0.2, 0.25) is 5.91 Å². The molecule has 1 N–H and O–H groups in total. The lowest BCUT2D eigenvalue weighted by Crippen LogP contribution is -2.38. The third kappa shape index (κ3) is 3.30. The molecule has 20 heavy (non-hydrogen) atoms. The number of ether oxygens (including phenoxy) is 1. The average Bonchev–Trinajstić information content (AvgIpc) is 3.16. The topological polar surface area (TPSA) is 54.5 Å². The molecule has 0 bridgehead atoms. The summed E-state index contributed by atoms with van der Waals surface area (Å²) in [6.07, 6.45) is 5.22. The van der Waals surface area contributed by atoms with Crippen molar-refractivity contribution in [3.8, 4) is 0 Å². The van der Waals surface area contributed by atoms with E-state index in [0.29, 0.717) is 13.2 Å². The summed E-state index contributed by atoms with van der Waals surface area (Å²) in [5.74, 6) is 0.000391. The standard InChI is InChI=1S/C14H21N3O2S/c18-13(12-5-1-4-8-19-12)15-9-11-10-20-14(16-11)17-6-2-3-7-17/h10,12H,1-9H2,(H,15,18)/t12-/m0/s1. The highest BCUT2D eigenvalue weighted by Gasteiger charge is 2.22. The molecule has 1 atom stereocenters. The molecule has 1 aromatic rings. The number of aromatic nitrogens is 1. The lowest BCUT2D eigenvalue weighted by atomic mass is 10.1. The van der Waals surface area contributed by atoms with Crippen molar-refractivity contribution in [2.75, 3.05) is 24.6 Å². The van der Waals surface area contributed by atoms with Gasteiger partial charge in [0.05, 0.1) is 12.2 Å². The third-order valence-electron chi connectivity index (χ3n) is 3.83. The summed E-state index contributed by atoms with van der Waals surface area (Å²) in [5.41, 5.74) is 0.945. The molecule has 3 rings (SSSR count). The third-order valence-corrected chi connectivity index (χ3v) is 4.78. The van der Waals surface area contributed by atoms with Gasteiger partial charge in [0.25, 0.3) is 0 Å². The second kappa shape index (κ2) is 6.54. The molecule has 3 heterocycles. The van der Waals surface area contributed by atoms with Crippen LogP contribution in [0.1, 0.15) is 37.8 Å². The van der Waals surface area contributed by atoms with Crippen LogP contribution in [0.15, 0.2) is 5.38 Å². The van der Waals surface area contributed by atoms with Gasteiger partial charge in [0.15, 0.2) is 5.13 Å². The molecule has 0 radical (unpaired) electrons. The van der Waals surface area contributed by atoms with Crippen LogP contribution >= 0.6 is 11.3 Å². The Balaban J connectivity index is 1.49. The van der Waals surface area contributed by atoms with Crippen molar-refractivity contribution in [2.24, 2.45) is 0 Å². The molecule has 0 unspecified atom stereocenters. The molecular formula is C14H21N3O2S. The van der Waals surface area contributed by atoms with Gasteiger partial charge in [-0.05, 0) is 32.1 Å². The highest BCUT2D eigenvalue weighted by atomic mass is 32.1. The first-order valence-corrected chi connectivity index (χ1v) is 8.29. The number of carbonyl (C=O) groups excluding carboxylic acids is 1. The molecule has 1 amide bonds. The Labute approximate surface area is 123 Å². The van der Waals surface area contributed by atoms with Crippen molar-refractivity contribution in [2.45, 2.75) is 44.8 Å². The Morgan fingerprint density at radius 2 is 2.25 bits per heavy atom. The molecule has 2 fully saturated rings. The minimum absolute atomic E-state index is 0.000391. The molecule has 2 aliphatic heterocycles. The minimum atomic E-state index is -0.263. The fourth-order valence-electron chi connectivity index (χ4n) is 2.67. The molecule has 0 aliphatic carbocycles. The van der Waals surface area contributed by atoms with Gasteiger partial charge in [0.1, 0.15) is 6.10 Å². The molecule has 6 heteroatoms. The molecule has 2 aliphatic rings. The van der Waals surface area contributed by atoms with Crippen LogP contribution in [0.25, 0.3) is 0 Å². The van der Waals surface area contributed by atoms with Crippen molar-refractivity contribution < 1.29 is 9.53 Å². The van der Waals surface area contributed by atoms with Crippen molar-refractivity contribution in [1.29, 1.82) is 0 Å². The van der Waals surface area contributed by atoms with Crippen LogP contribution in [0.4, 0.5) is 5.13 Å². The Bertz CT molecular complexity index is 451. The van der Waals surface area contributed by atoms with Gasteiger partial charge < -0.3 is 15.0 Å². The van der Waals surface area contributed by atoms with E-state index in [9.17, 15) is 4.79 Å². The quantitative estimate of drug-likeness (QED) is 0.922. The number of anilines is 1. The average molecular weight is 295 g/mol. The van der Waals surface area contributed by atoms with Crippen LogP contribution in [0.5, 0.6) is 0 Å². The number of carbonyl (C=O) groups is 1. The molecule has 110 valence electrons. The maximum Gasteiger partial charge on any atom is 0.249 e. The van der Waals surface area contributed by atoms with Crippen LogP contribution in [-0.2, 0) is 16.1 Å². The van der Waals surface area contributed by atoms with Gasteiger partial charge in [-0.25, -0.2) is 4.98 Å². The van der Waals surface area contributed by atoms with E-state index in [-0.39, 0.29) is 12.0 Å². The summed E-state index contributed by atoms with van der Waals surface area (Å²) >= 11 is 1.67. The first kappa shape index (κ1) is 13.8. The summed E-state index contributed by atoms with van der Waals surface area (Å²) in [4.78, 5) is 18.9. The van der Waals surface area contributed by atoms with E-state index < -0.39 is 0 Å². The van der Waals surface area contributed by atoms with Crippen LogP contribution in [-0.4, -0.2) is 36.7 Å². The molecule has 0 spiro atoms. The van der Waals surface area contributed by atoms with E-state index in [4.69, 9.17) is 4.74 Å². The summed E-state index contributed by atoms with van der Waals surface area (Å²) in [5, 5.41) is 6.06. The summed E-state index contributed by atoms with van der Waals surface area (Å²) in [6, 6.07) is 0. The molecule has 1 aromatic heterocycles. The Hall–Kier alpha value is -1.14. The maximum absolute atomic E-state index is 12.0. The SMILES string of the molecule is O=C(NCc1csc(N2CCCC2)n1)[C@@H]1CCCCO1. The lowest BCUT2D eigenvalue weighted by Gasteiger charge is -2.21. The zero-order valence-electron chi connectivity index (χ0n) is 11.6. The fourth-order valence-corrected chi connectivity index (χ4v) is 3.55. The zero-order chi connectivity index (χ0) is 13.8. The fraction of sp³-hybridized carbons (Fsp3) is 0.714. The van der Waals surface area contributed by atoms with E-state index in [1.165, 1.54) is 12.8 Å². The first-order chi connectivity index (χ1) is 9.83. The number of thiazole rings is 1. The van der Waals surface area contributed by atoms with Gasteiger partial charge >= 0.3 is 0 Å². The van der Waals surface area contributed by atoms with Gasteiger partial charge in [-0.2, -0.15) is 0 Å². The van der Waals surface area contributed by atoms with Crippen molar-refractivity contribution in [3.63, 3.8) is 0 Å². The summed E-state index contributed by atoms with van der Waals surface area (Å²) < 4.78 is 5.48. The Morgan fingerprint density at radius 1 is 1.40 bits per heavy atom.